The van der Waals surface area contributed by atoms with Gasteiger partial charge < -0.3 is 20.3 Å². The van der Waals surface area contributed by atoms with Crippen LogP contribution >= 0.6 is 0 Å². The van der Waals surface area contributed by atoms with E-state index in [4.69, 9.17) is 4.74 Å². The molecule has 0 spiro atoms. The van der Waals surface area contributed by atoms with Gasteiger partial charge in [0.05, 0.1) is 11.3 Å². The average Bonchev–Trinajstić information content (AvgIpc) is 2.99. The van der Waals surface area contributed by atoms with Gasteiger partial charge in [-0.2, -0.15) is 4.57 Å². The van der Waals surface area contributed by atoms with Gasteiger partial charge in [-0.1, -0.05) is 24.3 Å². The van der Waals surface area contributed by atoms with Gasteiger partial charge in [-0.05, 0) is 68.1 Å². The summed E-state index contributed by atoms with van der Waals surface area (Å²) >= 11 is 0. The number of aromatic nitrogens is 3. The number of amides is 2. The quantitative estimate of drug-likeness (QED) is 0.318. The summed E-state index contributed by atoms with van der Waals surface area (Å²) in [5.74, 6) is 0.247. The number of carbonyl (C=O) groups is 2. The molecule has 198 valence electrons. The van der Waals surface area contributed by atoms with Crippen LogP contribution in [0.2, 0.25) is 0 Å². The number of hydrogen-bond acceptors (Lipinski definition) is 6. The van der Waals surface area contributed by atoms with Crippen LogP contribution in [-0.2, 0) is 11.5 Å². The number of hydrogen-bond donors (Lipinski definition) is 2. The molecule has 2 amide bonds. The molecule has 2 N–H and O–H groups in total. The molecule has 39 heavy (non-hydrogen) atoms. The molecule has 3 heterocycles. The number of nitrogens with zero attached hydrogens (tertiary/aromatic N) is 4. The van der Waals surface area contributed by atoms with E-state index >= 15 is 0 Å². The van der Waals surface area contributed by atoms with Crippen molar-refractivity contribution in [3.05, 3.63) is 96.4 Å². The Balaban J connectivity index is 1.26. The van der Waals surface area contributed by atoms with E-state index in [-0.39, 0.29) is 18.7 Å². The molecule has 1 aliphatic heterocycles. The minimum absolute atomic E-state index is 0.125. The predicted octanol–water partition coefficient (Wildman–Crippen LogP) is 5.32. The largest absolute Gasteiger partial charge is 0.414 e. The average molecular weight is 524 g/mol. The first-order valence-electron chi connectivity index (χ1n) is 13.0. The lowest BCUT2D eigenvalue weighted by Crippen LogP contribution is -2.41. The highest BCUT2D eigenvalue weighted by molar-refractivity contribution is 6.04. The van der Waals surface area contributed by atoms with Crippen LogP contribution in [-0.4, -0.2) is 40.0 Å². The van der Waals surface area contributed by atoms with Crippen LogP contribution in [0.5, 0.6) is 0 Å². The molecule has 0 unspecified atom stereocenters. The number of likely N-dealkylation sites (tertiary alicyclic amines) is 1. The zero-order valence-corrected chi connectivity index (χ0v) is 21.8. The maximum atomic E-state index is 12.6. The molecular formula is C30H31N6O3+. The van der Waals surface area contributed by atoms with Gasteiger partial charge in [0.25, 0.3) is 12.6 Å². The van der Waals surface area contributed by atoms with E-state index in [9.17, 15) is 9.59 Å². The number of piperidine rings is 1. The molecule has 0 aliphatic carbocycles. The van der Waals surface area contributed by atoms with E-state index in [1.165, 1.54) is 0 Å². The van der Waals surface area contributed by atoms with Crippen molar-refractivity contribution in [3.63, 3.8) is 0 Å². The summed E-state index contributed by atoms with van der Waals surface area (Å²) in [7, 11) is 0. The second-order valence-electron chi connectivity index (χ2n) is 9.43. The number of ether oxygens (including phenoxy) is 1. The van der Waals surface area contributed by atoms with E-state index < -0.39 is 0 Å². The topological polar surface area (TPSA) is 100 Å². The molecule has 5 rings (SSSR count). The van der Waals surface area contributed by atoms with Crippen molar-refractivity contribution in [2.45, 2.75) is 32.9 Å². The fourth-order valence-corrected chi connectivity index (χ4v) is 4.38. The Bertz CT molecular complexity index is 1450. The van der Waals surface area contributed by atoms with Crippen molar-refractivity contribution in [1.29, 1.82) is 0 Å². The van der Waals surface area contributed by atoms with Gasteiger partial charge >= 0.3 is 6.09 Å². The molecule has 4 aromatic rings. The van der Waals surface area contributed by atoms with Crippen LogP contribution in [0.4, 0.5) is 22.1 Å². The van der Waals surface area contributed by atoms with Crippen molar-refractivity contribution in [3.8, 4) is 11.3 Å². The number of aryl methyl sites for hydroxylation is 1. The SMILES string of the molecule is Cc1ccc(NC(=O)c2ccccc2)cc1Nc1nccc(-c2ccc[n+](COC(=O)N3CCCCC3)c2)n1. The molecule has 2 aromatic heterocycles. The van der Waals surface area contributed by atoms with Crippen LogP contribution in [0, 0.1) is 6.92 Å². The Hall–Kier alpha value is -4.79. The van der Waals surface area contributed by atoms with Crippen LogP contribution in [0.1, 0.15) is 35.2 Å². The maximum Gasteiger partial charge on any atom is 0.414 e. The van der Waals surface area contributed by atoms with Gasteiger partial charge in [0.1, 0.15) is 0 Å². The van der Waals surface area contributed by atoms with Crippen molar-refractivity contribution in [1.82, 2.24) is 14.9 Å². The second-order valence-corrected chi connectivity index (χ2v) is 9.43. The van der Waals surface area contributed by atoms with E-state index in [1.807, 2.05) is 78.5 Å². The number of pyridine rings is 1. The van der Waals surface area contributed by atoms with Crippen molar-refractivity contribution in [2.24, 2.45) is 0 Å². The normalized spacial score (nSPS) is 13.0. The Morgan fingerprint density at radius 2 is 1.82 bits per heavy atom. The standard InChI is InChI=1S/C30H30N6O3/c1-22-12-13-25(32-28(37)23-9-4-2-5-10-23)19-27(22)34-29-31-15-14-26(33-29)24-11-8-16-35(20-24)21-39-30(38)36-17-6-3-7-18-36/h2,4-5,8-16,19-20H,3,6-7,17-18,21H2,1H3,(H-,31,32,33,34,37)/p+1. The van der Waals surface area contributed by atoms with Crippen LogP contribution < -0.4 is 15.2 Å². The van der Waals surface area contributed by atoms with E-state index in [0.717, 1.165) is 54.9 Å². The molecule has 1 saturated heterocycles. The van der Waals surface area contributed by atoms with E-state index in [0.29, 0.717) is 17.2 Å². The molecule has 1 aliphatic rings. The zero-order valence-electron chi connectivity index (χ0n) is 21.8. The summed E-state index contributed by atoms with van der Waals surface area (Å²) in [5.41, 5.74) is 4.59. The zero-order chi connectivity index (χ0) is 27.0. The highest BCUT2D eigenvalue weighted by Crippen LogP contribution is 2.24. The predicted molar refractivity (Wildman–Crippen MR) is 148 cm³/mol. The summed E-state index contributed by atoms with van der Waals surface area (Å²) in [6, 6.07) is 20.4. The third-order valence-electron chi connectivity index (χ3n) is 6.54. The minimum atomic E-state index is -0.279. The lowest BCUT2D eigenvalue weighted by Gasteiger charge is -2.25. The first kappa shape index (κ1) is 25.8. The fraction of sp³-hybridized carbons (Fsp3) is 0.233. The Morgan fingerprint density at radius 3 is 2.64 bits per heavy atom. The molecule has 0 saturated carbocycles. The van der Waals surface area contributed by atoms with Gasteiger partial charge in [0.15, 0.2) is 12.4 Å². The lowest BCUT2D eigenvalue weighted by molar-refractivity contribution is -0.727. The summed E-state index contributed by atoms with van der Waals surface area (Å²) in [5, 5.41) is 6.21. The molecule has 0 atom stereocenters. The van der Waals surface area contributed by atoms with Gasteiger partial charge in [0.2, 0.25) is 5.95 Å². The van der Waals surface area contributed by atoms with Gasteiger partial charge in [0, 0.05) is 42.3 Å². The van der Waals surface area contributed by atoms with E-state index in [1.54, 1.807) is 23.2 Å². The van der Waals surface area contributed by atoms with Gasteiger partial charge in [-0.3, -0.25) is 4.79 Å². The monoisotopic (exact) mass is 523 g/mol. The third-order valence-corrected chi connectivity index (χ3v) is 6.54. The smallest absolute Gasteiger partial charge is 0.388 e. The molecule has 0 radical (unpaired) electrons. The van der Waals surface area contributed by atoms with Crippen molar-refractivity contribution < 1.29 is 18.9 Å². The number of benzene rings is 2. The van der Waals surface area contributed by atoms with Crippen molar-refractivity contribution in [2.75, 3.05) is 23.7 Å². The summed E-state index contributed by atoms with van der Waals surface area (Å²) in [6.45, 7) is 3.60. The highest BCUT2D eigenvalue weighted by Gasteiger charge is 2.19. The first-order valence-corrected chi connectivity index (χ1v) is 13.0. The summed E-state index contributed by atoms with van der Waals surface area (Å²) in [6.07, 6.45) is 8.36. The number of anilines is 3. The van der Waals surface area contributed by atoms with Gasteiger partial charge in [-0.15, -0.1) is 0 Å². The van der Waals surface area contributed by atoms with Crippen LogP contribution in [0.3, 0.4) is 0 Å². The summed E-state index contributed by atoms with van der Waals surface area (Å²) < 4.78 is 7.33. The fourth-order valence-electron chi connectivity index (χ4n) is 4.38. The Kier molecular flexibility index (Phi) is 8.06. The van der Waals surface area contributed by atoms with Crippen LogP contribution in [0.15, 0.2) is 85.3 Å². The first-order chi connectivity index (χ1) is 19.0. The molecular weight excluding hydrogens is 492 g/mol. The maximum absolute atomic E-state index is 12.6. The number of carbonyl (C=O) groups excluding carboxylic acids is 2. The molecule has 0 bridgehead atoms. The van der Waals surface area contributed by atoms with Crippen LogP contribution in [0.25, 0.3) is 11.3 Å². The second kappa shape index (κ2) is 12.2. The molecule has 1 fully saturated rings. The molecule has 2 aromatic carbocycles. The molecule has 9 heteroatoms. The van der Waals surface area contributed by atoms with Gasteiger partial charge in [-0.25, -0.2) is 14.8 Å². The Labute approximate surface area is 227 Å². The van der Waals surface area contributed by atoms with Crippen molar-refractivity contribution >= 4 is 29.3 Å². The minimum Gasteiger partial charge on any atom is -0.388 e. The molecule has 9 nitrogen and oxygen atoms in total. The lowest BCUT2D eigenvalue weighted by atomic mass is 10.1. The number of nitrogens with one attached hydrogen (secondary N) is 2. The number of rotatable bonds is 7. The summed E-state index contributed by atoms with van der Waals surface area (Å²) in [4.78, 5) is 35.8. The Morgan fingerprint density at radius 1 is 1.00 bits per heavy atom. The highest BCUT2D eigenvalue weighted by atomic mass is 16.6. The van der Waals surface area contributed by atoms with E-state index in [2.05, 4.69) is 20.6 Å². The third kappa shape index (κ3) is 6.75.